The number of benzene rings is 1. The highest BCUT2D eigenvalue weighted by Gasteiger charge is 2.12. The van der Waals surface area contributed by atoms with E-state index in [1.807, 2.05) is 30.5 Å². The summed E-state index contributed by atoms with van der Waals surface area (Å²) in [5.74, 6) is -0.914. The Morgan fingerprint density at radius 3 is 2.72 bits per heavy atom. The minimum Gasteiger partial charge on any atom is -0.477 e. The molecule has 2 aromatic rings. The van der Waals surface area contributed by atoms with Crippen LogP contribution in [0.25, 0.3) is 11.4 Å². The second-order valence-electron chi connectivity index (χ2n) is 3.48. The molecule has 6 heteroatoms. The fourth-order valence-electron chi connectivity index (χ4n) is 1.52. The van der Waals surface area contributed by atoms with Crippen molar-refractivity contribution in [2.45, 2.75) is 4.90 Å². The monoisotopic (exact) mass is 262 g/mol. The SMILES string of the molecule is CSc1ccccc1-c1ncc(C(=O)O)c(=O)[nH]1. The van der Waals surface area contributed by atoms with Gasteiger partial charge in [-0.3, -0.25) is 4.79 Å². The van der Waals surface area contributed by atoms with Crippen LogP contribution in [0.15, 0.2) is 40.2 Å². The van der Waals surface area contributed by atoms with Crippen molar-refractivity contribution in [1.29, 1.82) is 0 Å². The zero-order valence-electron chi connectivity index (χ0n) is 9.51. The first kappa shape index (κ1) is 12.4. The molecular formula is C12H10N2O3S. The number of hydrogen-bond donors (Lipinski definition) is 2. The zero-order valence-corrected chi connectivity index (χ0v) is 10.3. The molecule has 1 heterocycles. The lowest BCUT2D eigenvalue weighted by atomic mass is 10.2. The molecule has 1 aromatic carbocycles. The standard InChI is InChI=1S/C12H10N2O3S/c1-18-9-5-3-2-4-7(9)10-13-6-8(12(16)17)11(15)14-10/h2-6H,1H3,(H,16,17)(H,13,14,15). The van der Waals surface area contributed by atoms with E-state index >= 15 is 0 Å². The summed E-state index contributed by atoms with van der Waals surface area (Å²) in [4.78, 5) is 29.7. The number of thioether (sulfide) groups is 1. The van der Waals surface area contributed by atoms with Gasteiger partial charge in [-0.15, -0.1) is 11.8 Å². The third-order valence-electron chi connectivity index (χ3n) is 2.39. The van der Waals surface area contributed by atoms with Crippen molar-refractivity contribution >= 4 is 17.7 Å². The highest BCUT2D eigenvalue weighted by Crippen LogP contribution is 2.26. The van der Waals surface area contributed by atoms with E-state index in [4.69, 9.17) is 5.11 Å². The molecule has 1 aromatic heterocycles. The molecule has 2 rings (SSSR count). The topological polar surface area (TPSA) is 83.0 Å². The molecule has 92 valence electrons. The zero-order chi connectivity index (χ0) is 13.1. The lowest BCUT2D eigenvalue weighted by molar-refractivity contribution is 0.0694. The third kappa shape index (κ3) is 2.28. The van der Waals surface area contributed by atoms with Crippen LogP contribution in [0.4, 0.5) is 0 Å². The maximum atomic E-state index is 11.6. The molecule has 5 nitrogen and oxygen atoms in total. The van der Waals surface area contributed by atoms with E-state index in [0.29, 0.717) is 5.82 Å². The van der Waals surface area contributed by atoms with Crippen LogP contribution in [-0.2, 0) is 0 Å². The number of carboxylic acid groups (broad SMARTS) is 1. The Labute approximate surface area is 107 Å². The molecule has 0 unspecified atom stereocenters. The Morgan fingerprint density at radius 2 is 2.11 bits per heavy atom. The van der Waals surface area contributed by atoms with Gasteiger partial charge < -0.3 is 10.1 Å². The summed E-state index contributed by atoms with van der Waals surface area (Å²) in [6.45, 7) is 0. The second-order valence-corrected chi connectivity index (χ2v) is 4.33. The van der Waals surface area contributed by atoms with Crippen molar-refractivity contribution in [3.8, 4) is 11.4 Å². The minimum atomic E-state index is -1.28. The number of nitrogens with one attached hydrogen (secondary N) is 1. The van der Waals surface area contributed by atoms with E-state index in [9.17, 15) is 9.59 Å². The number of aromatic amines is 1. The molecule has 18 heavy (non-hydrogen) atoms. The van der Waals surface area contributed by atoms with Gasteiger partial charge in [-0.1, -0.05) is 18.2 Å². The van der Waals surface area contributed by atoms with Gasteiger partial charge in [-0.2, -0.15) is 0 Å². The Balaban J connectivity index is 2.56. The average Bonchev–Trinajstić information content (AvgIpc) is 2.38. The van der Waals surface area contributed by atoms with Gasteiger partial charge in [0, 0.05) is 16.7 Å². The number of rotatable bonds is 3. The van der Waals surface area contributed by atoms with Gasteiger partial charge in [0.1, 0.15) is 11.4 Å². The molecule has 0 saturated carbocycles. The van der Waals surface area contributed by atoms with Crippen molar-refractivity contribution in [3.63, 3.8) is 0 Å². The fourth-order valence-corrected chi connectivity index (χ4v) is 2.12. The molecule has 0 fully saturated rings. The van der Waals surface area contributed by atoms with Gasteiger partial charge in [-0.25, -0.2) is 9.78 Å². The highest BCUT2D eigenvalue weighted by molar-refractivity contribution is 7.98. The summed E-state index contributed by atoms with van der Waals surface area (Å²) in [7, 11) is 0. The number of H-pyrrole nitrogens is 1. The van der Waals surface area contributed by atoms with Crippen molar-refractivity contribution in [2.24, 2.45) is 0 Å². The molecule has 0 spiro atoms. The van der Waals surface area contributed by atoms with Crippen LogP contribution in [0.3, 0.4) is 0 Å². The summed E-state index contributed by atoms with van der Waals surface area (Å²) < 4.78 is 0. The maximum Gasteiger partial charge on any atom is 0.342 e. The molecule has 0 aliphatic carbocycles. The van der Waals surface area contributed by atoms with Crippen LogP contribution in [0.2, 0.25) is 0 Å². The molecule has 0 radical (unpaired) electrons. The maximum absolute atomic E-state index is 11.6. The van der Waals surface area contributed by atoms with E-state index in [1.165, 1.54) is 11.8 Å². The Kier molecular flexibility index (Phi) is 3.47. The molecule has 2 N–H and O–H groups in total. The molecule has 0 atom stereocenters. The van der Waals surface area contributed by atoms with Crippen LogP contribution in [0, 0.1) is 0 Å². The van der Waals surface area contributed by atoms with Crippen molar-refractivity contribution in [3.05, 3.63) is 46.4 Å². The van der Waals surface area contributed by atoms with Gasteiger partial charge in [0.05, 0.1) is 0 Å². The summed E-state index contributed by atoms with van der Waals surface area (Å²) in [6.07, 6.45) is 3.00. The predicted molar refractivity (Wildman–Crippen MR) is 69.0 cm³/mol. The average molecular weight is 262 g/mol. The van der Waals surface area contributed by atoms with E-state index in [2.05, 4.69) is 9.97 Å². The molecule has 0 aliphatic rings. The van der Waals surface area contributed by atoms with Crippen molar-refractivity contribution in [2.75, 3.05) is 6.26 Å². The normalized spacial score (nSPS) is 10.3. The largest absolute Gasteiger partial charge is 0.477 e. The first-order valence-corrected chi connectivity index (χ1v) is 6.32. The van der Waals surface area contributed by atoms with Crippen LogP contribution in [0.1, 0.15) is 10.4 Å². The van der Waals surface area contributed by atoms with Gasteiger partial charge in [-0.05, 0) is 12.3 Å². The summed E-state index contributed by atoms with van der Waals surface area (Å²) in [5, 5.41) is 8.76. The quantitative estimate of drug-likeness (QED) is 0.825. The van der Waals surface area contributed by atoms with Gasteiger partial charge in [0.25, 0.3) is 5.56 Å². The van der Waals surface area contributed by atoms with E-state index in [-0.39, 0.29) is 5.56 Å². The highest BCUT2D eigenvalue weighted by atomic mass is 32.2. The van der Waals surface area contributed by atoms with Gasteiger partial charge in [0.2, 0.25) is 0 Å². The Bertz CT molecular complexity index is 652. The van der Waals surface area contributed by atoms with Crippen molar-refractivity contribution < 1.29 is 9.90 Å². The fraction of sp³-hybridized carbons (Fsp3) is 0.0833. The summed E-state index contributed by atoms with van der Waals surface area (Å²) in [6, 6.07) is 7.45. The predicted octanol–water partition coefficient (Wildman–Crippen LogP) is 1.86. The van der Waals surface area contributed by atoms with E-state index in [1.54, 1.807) is 0 Å². The number of carbonyl (C=O) groups is 1. The molecule has 0 bridgehead atoms. The van der Waals surface area contributed by atoms with Gasteiger partial charge >= 0.3 is 5.97 Å². The van der Waals surface area contributed by atoms with Crippen molar-refractivity contribution in [1.82, 2.24) is 9.97 Å². The summed E-state index contributed by atoms with van der Waals surface area (Å²) in [5.41, 5.74) is -0.233. The lowest BCUT2D eigenvalue weighted by Crippen LogP contribution is -2.18. The molecule has 0 saturated heterocycles. The number of nitrogens with zero attached hydrogens (tertiary/aromatic N) is 1. The van der Waals surface area contributed by atoms with E-state index < -0.39 is 11.5 Å². The first-order valence-electron chi connectivity index (χ1n) is 5.09. The minimum absolute atomic E-state index is 0.361. The number of aromatic nitrogens is 2. The molecule has 0 aliphatic heterocycles. The summed E-state index contributed by atoms with van der Waals surface area (Å²) >= 11 is 1.53. The lowest BCUT2D eigenvalue weighted by Gasteiger charge is -2.06. The van der Waals surface area contributed by atoms with Crippen LogP contribution in [-0.4, -0.2) is 27.3 Å². The van der Waals surface area contributed by atoms with Crippen LogP contribution >= 0.6 is 11.8 Å². The molecular weight excluding hydrogens is 252 g/mol. The third-order valence-corrected chi connectivity index (χ3v) is 3.19. The Hall–Kier alpha value is -2.08. The van der Waals surface area contributed by atoms with Gasteiger partial charge in [0.15, 0.2) is 0 Å². The number of carboxylic acids is 1. The number of aromatic carboxylic acids is 1. The van der Waals surface area contributed by atoms with Crippen LogP contribution < -0.4 is 5.56 Å². The van der Waals surface area contributed by atoms with Crippen LogP contribution in [0.5, 0.6) is 0 Å². The molecule has 0 amide bonds. The number of hydrogen-bond acceptors (Lipinski definition) is 4. The Morgan fingerprint density at radius 1 is 1.39 bits per heavy atom. The second kappa shape index (κ2) is 5.05. The van der Waals surface area contributed by atoms with E-state index in [0.717, 1.165) is 16.7 Å². The smallest absolute Gasteiger partial charge is 0.342 e. The first-order chi connectivity index (χ1) is 8.63.